The minimum Gasteiger partial charge on any atom is -0.352 e. The van der Waals surface area contributed by atoms with Crippen molar-refractivity contribution < 1.29 is 13.8 Å². The highest BCUT2D eigenvalue weighted by Gasteiger charge is 2.31. The molecular weight excluding hydrogens is 456 g/mol. The van der Waals surface area contributed by atoms with E-state index in [-0.39, 0.29) is 11.8 Å². The number of benzene rings is 4. The van der Waals surface area contributed by atoms with Crippen molar-refractivity contribution in [3.05, 3.63) is 125 Å². The average molecular weight is 481 g/mol. The molecule has 5 nitrogen and oxygen atoms in total. The van der Waals surface area contributed by atoms with Gasteiger partial charge in [0.25, 0.3) is 11.8 Å². The maximum absolute atomic E-state index is 13.7. The first kappa shape index (κ1) is 22.7. The van der Waals surface area contributed by atoms with E-state index >= 15 is 0 Å². The number of rotatable bonds is 6. The highest BCUT2D eigenvalue weighted by Crippen LogP contribution is 2.36. The average Bonchev–Trinajstić information content (AvgIpc) is 2.99. The van der Waals surface area contributed by atoms with Gasteiger partial charge >= 0.3 is 0 Å². The zero-order valence-corrected chi connectivity index (χ0v) is 19.8. The van der Waals surface area contributed by atoms with Crippen LogP contribution in [-0.4, -0.2) is 22.6 Å². The van der Waals surface area contributed by atoms with E-state index in [4.69, 9.17) is 0 Å². The summed E-state index contributed by atoms with van der Waals surface area (Å²) >= 11 is 0. The molecule has 0 unspecified atom stereocenters. The van der Waals surface area contributed by atoms with E-state index in [1.54, 1.807) is 47.4 Å². The largest absolute Gasteiger partial charge is 0.352 e. The summed E-state index contributed by atoms with van der Waals surface area (Å²) in [4.78, 5) is 29.2. The Kier molecular flexibility index (Phi) is 6.55. The van der Waals surface area contributed by atoms with Gasteiger partial charge in [0.05, 0.1) is 38.4 Å². The summed E-state index contributed by atoms with van der Waals surface area (Å²) in [5.41, 5.74) is 3.40. The molecule has 0 radical (unpaired) electrons. The summed E-state index contributed by atoms with van der Waals surface area (Å²) in [6.45, 7) is 0.793. The number of hydrogen-bond acceptors (Lipinski definition) is 3. The zero-order valence-electron chi connectivity index (χ0n) is 19.0. The monoisotopic (exact) mass is 480 g/mol. The van der Waals surface area contributed by atoms with E-state index in [9.17, 15) is 13.8 Å². The molecule has 1 atom stereocenters. The minimum absolute atomic E-state index is 0.233. The number of hydrogen-bond donors (Lipinski definition) is 1. The highest BCUT2D eigenvalue weighted by atomic mass is 32.2. The Morgan fingerprint density at radius 3 is 2.17 bits per heavy atom. The predicted molar refractivity (Wildman–Crippen MR) is 137 cm³/mol. The molecule has 35 heavy (non-hydrogen) atoms. The second kappa shape index (κ2) is 10.1. The SMILES string of the molecule is O=C(NCCc1ccccc1)c1ccc2c(c1)N(Cc1ccccc1)C(=O)c1ccccc1[S@]2=O. The molecule has 1 N–H and O–H groups in total. The standard InChI is InChI=1S/C29H24N2O3S/c32-28(30-18-17-21-9-3-1-4-10-21)23-15-16-27-25(19-23)31(20-22-11-5-2-6-12-22)29(33)24-13-7-8-14-26(24)35(27)34/h1-16,19H,17-18,20H2,(H,30,32)/t35-/m1/s1. The van der Waals surface area contributed by atoms with Gasteiger partial charge in [0, 0.05) is 12.1 Å². The van der Waals surface area contributed by atoms with Crippen LogP contribution in [0.2, 0.25) is 0 Å². The van der Waals surface area contributed by atoms with Crippen LogP contribution in [0.1, 0.15) is 31.8 Å². The van der Waals surface area contributed by atoms with Gasteiger partial charge in [-0.25, -0.2) is 4.21 Å². The summed E-state index contributed by atoms with van der Waals surface area (Å²) in [5.74, 6) is -0.471. The molecule has 0 aliphatic carbocycles. The van der Waals surface area contributed by atoms with Gasteiger partial charge in [-0.2, -0.15) is 0 Å². The predicted octanol–water partition coefficient (Wildman–Crippen LogP) is 4.99. The maximum Gasteiger partial charge on any atom is 0.259 e. The van der Waals surface area contributed by atoms with Crippen molar-refractivity contribution in [3.63, 3.8) is 0 Å². The van der Waals surface area contributed by atoms with E-state index < -0.39 is 10.8 Å². The fourth-order valence-corrected chi connectivity index (χ4v) is 5.54. The molecule has 2 amide bonds. The number of anilines is 1. The third-order valence-corrected chi connectivity index (χ3v) is 7.50. The Hall–Kier alpha value is -4.03. The second-order valence-corrected chi connectivity index (χ2v) is 9.73. The Labute approximate surface area is 206 Å². The van der Waals surface area contributed by atoms with Crippen LogP contribution in [0.25, 0.3) is 0 Å². The first-order valence-corrected chi connectivity index (χ1v) is 12.6. The molecular formula is C29H24N2O3S. The van der Waals surface area contributed by atoms with Gasteiger partial charge in [-0.05, 0) is 47.9 Å². The van der Waals surface area contributed by atoms with Crippen LogP contribution < -0.4 is 10.2 Å². The summed E-state index contributed by atoms with van der Waals surface area (Å²) in [6, 6.07) is 31.6. The van der Waals surface area contributed by atoms with E-state index in [1.165, 1.54) is 0 Å². The van der Waals surface area contributed by atoms with Gasteiger partial charge in [-0.3, -0.25) is 9.59 Å². The van der Waals surface area contributed by atoms with Gasteiger partial charge in [-0.1, -0.05) is 72.8 Å². The third-order valence-electron chi connectivity index (χ3n) is 6.00. The first-order chi connectivity index (χ1) is 17.1. The van der Waals surface area contributed by atoms with Crippen molar-refractivity contribution in [2.75, 3.05) is 11.4 Å². The molecule has 6 heteroatoms. The topological polar surface area (TPSA) is 66.5 Å². The third kappa shape index (κ3) is 4.79. The van der Waals surface area contributed by atoms with Gasteiger partial charge in [0.15, 0.2) is 0 Å². The van der Waals surface area contributed by atoms with Crippen LogP contribution >= 0.6 is 0 Å². The lowest BCUT2D eigenvalue weighted by Gasteiger charge is -2.23. The molecule has 0 spiro atoms. The van der Waals surface area contributed by atoms with Crippen LogP contribution in [0, 0.1) is 0 Å². The van der Waals surface area contributed by atoms with E-state index in [2.05, 4.69) is 5.32 Å². The Bertz CT molecular complexity index is 1400. The normalized spacial score (nSPS) is 14.6. The molecule has 4 aromatic rings. The number of carbonyl (C=O) groups is 2. The van der Waals surface area contributed by atoms with Gasteiger partial charge in [-0.15, -0.1) is 0 Å². The van der Waals surface area contributed by atoms with Gasteiger partial charge in [0.2, 0.25) is 0 Å². The summed E-state index contributed by atoms with van der Waals surface area (Å²) in [6.07, 6.45) is 0.718. The fourth-order valence-electron chi connectivity index (χ4n) is 4.19. The number of amides is 2. The molecule has 1 aliphatic rings. The van der Waals surface area contributed by atoms with Crippen molar-refractivity contribution in [2.45, 2.75) is 22.8 Å². The lowest BCUT2D eigenvalue weighted by molar-refractivity contribution is 0.0950. The second-order valence-electron chi connectivity index (χ2n) is 8.32. The molecule has 0 aromatic heterocycles. The minimum atomic E-state index is -1.55. The van der Waals surface area contributed by atoms with Crippen LogP contribution in [0.15, 0.2) is 113 Å². The number of fused-ring (bicyclic) bond motifs is 2. The Morgan fingerprint density at radius 1 is 0.771 bits per heavy atom. The number of carbonyl (C=O) groups excluding carboxylic acids is 2. The quantitative estimate of drug-likeness (QED) is 0.423. The molecule has 1 heterocycles. The fraction of sp³-hybridized carbons (Fsp3) is 0.103. The Morgan fingerprint density at radius 2 is 1.43 bits per heavy atom. The molecule has 4 aromatic carbocycles. The first-order valence-electron chi connectivity index (χ1n) is 11.4. The summed E-state index contributed by atoms with van der Waals surface area (Å²) < 4.78 is 13.5. The zero-order chi connectivity index (χ0) is 24.2. The van der Waals surface area contributed by atoms with Crippen molar-refractivity contribution in [1.29, 1.82) is 0 Å². The van der Waals surface area contributed by atoms with E-state index in [0.717, 1.165) is 17.5 Å². The van der Waals surface area contributed by atoms with Crippen LogP contribution in [0.3, 0.4) is 0 Å². The van der Waals surface area contributed by atoms with Crippen molar-refractivity contribution in [1.82, 2.24) is 5.32 Å². The maximum atomic E-state index is 13.7. The lowest BCUT2D eigenvalue weighted by Crippen LogP contribution is -2.31. The van der Waals surface area contributed by atoms with Crippen LogP contribution in [0.4, 0.5) is 5.69 Å². The summed E-state index contributed by atoms with van der Waals surface area (Å²) in [7, 11) is -1.55. The molecule has 0 saturated heterocycles. The van der Waals surface area contributed by atoms with E-state index in [1.807, 2.05) is 60.7 Å². The number of nitrogens with one attached hydrogen (secondary N) is 1. The van der Waals surface area contributed by atoms with Crippen molar-refractivity contribution >= 4 is 28.3 Å². The van der Waals surface area contributed by atoms with Gasteiger partial charge in [0.1, 0.15) is 0 Å². The van der Waals surface area contributed by atoms with Crippen LogP contribution in [-0.2, 0) is 23.8 Å². The molecule has 174 valence electrons. The summed E-state index contributed by atoms with van der Waals surface area (Å²) in [5, 5.41) is 2.96. The molecule has 0 fully saturated rings. The molecule has 5 rings (SSSR count). The van der Waals surface area contributed by atoms with Crippen molar-refractivity contribution in [2.24, 2.45) is 0 Å². The smallest absolute Gasteiger partial charge is 0.259 e. The molecule has 0 bridgehead atoms. The van der Waals surface area contributed by atoms with Crippen LogP contribution in [0.5, 0.6) is 0 Å². The number of nitrogens with zero attached hydrogens (tertiary/aromatic N) is 1. The van der Waals surface area contributed by atoms with Gasteiger partial charge < -0.3 is 10.2 Å². The molecule has 1 aliphatic heterocycles. The Balaban J connectivity index is 1.48. The highest BCUT2D eigenvalue weighted by molar-refractivity contribution is 7.85. The lowest BCUT2D eigenvalue weighted by atomic mass is 10.1. The van der Waals surface area contributed by atoms with Crippen molar-refractivity contribution in [3.8, 4) is 0 Å². The van der Waals surface area contributed by atoms with E-state index in [0.29, 0.717) is 39.7 Å². The molecule has 0 saturated carbocycles.